The number of ether oxygens (including phenoxy) is 1. The van der Waals surface area contributed by atoms with Crippen molar-refractivity contribution in [3.63, 3.8) is 0 Å². The molecule has 0 saturated heterocycles. The van der Waals surface area contributed by atoms with Gasteiger partial charge in [0.05, 0.1) is 28.3 Å². The van der Waals surface area contributed by atoms with Crippen LogP contribution < -0.4 is 14.4 Å². The van der Waals surface area contributed by atoms with Crippen LogP contribution in [0.5, 0.6) is 5.75 Å². The molecule has 1 amide bonds. The largest absolute Gasteiger partial charge is 0.497 e. The molecule has 0 aliphatic heterocycles. The monoisotopic (exact) mass is 458 g/mol. The zero-order valence-electron chi connectivity index (χ0n) is 17.4. The van der Waals surface area contributed by atoms with Gasteiger partial charge in [0.15, 0.2) is 0 Å². The fourth-order valence-corrected chi connectivity index (χ4v) is 4.49. The molecular weight excluding hydrogens is 436 g/mol. The summed E-state index contributed by atoms with van der Waals surface area (Å²) in [6.45, 7) is 1.99. The summed E-state index contributed by atoms with van der Waals surface area (Å²) in [4.78, 5) is 12.8. The fourth-order valence-electron chi connectivity index (χ4n) is 3.07. The van der Waals surface area contributed by atoms with Gasteiger partial charge in [-0.15, -0.1) is 0 Å². The SMILES string of the molecule is CCc1ccccc1NC(=O)c1cc(S(=O)(=O)N(C)c2ccc(OC)cc2)ccc1Cl. The van der Waals surface area contributed by atoms with Crippen molar-refractivity contribution in [1.82, 2.24) is 0 Å². The predicted octanol–water partition coefficient (Wildman–Crippen LogP) is 4.99. The number of carbonyl (C=O) groups excluding carboxylic acids is 1. The first-order valence-corrected chi connectivity index (χ1v) is 11.4. The molecule has 0 spiro atoms. The van der Waals surface area contributed by atoms with Crippen LogP contribution in [0, 0.1) is 0 Å². The molecular formula is C23H23ClN2O4S. The van der Waals surface area contributed by atoms with Gasteiger partial charge in [0.1, 0.15) is 5.75 Å². The highest BCUT2D eigenvalue weighted by atomic mass is 35.5. The predicted molar refractivity (Wildman–Crippen MR) is 124 cm³/mol. The third-order valence-corrected chi connectivity index (χ3v) is 7.03. The summed E-state index contributed by atoms with van der Waals surface area (Å²) in [5.74, 6) is 0.141. The lowest BCUT2D eigenvalue weighted by atomic mass is 10.1. The number of methoxy groups -OCH3 is 1. The summed E-state index contributed by atoms with van der Waals surface area (Å²) in [7, 11) is -0.932. The lowest BCUT2D eigenvalue weighted by Gasteiger charge is -2.20. The Morgan fingerprint density at radius 1 is 1.06 bits per heavy atom. The number of nitrogens with zero attached hydrogens (tertiary/aromatic N) is 1. The van der Waals surface area contributed by atoms with Crippen LogP contribution in [0.4, 0.5) is 11.4 Å². The highest BCUT2D eigenvalue weighted by Gasteiger charge is 2.24. The molecule has 0 unspecified atom stereocenters. The zero-order chi connectivity index (χ0) is 22.6. The number of hydrogen-bond acceptors (Lipinski definition) is 4. The van der Waals surface area contributed by atoms with Gasteiger partial charge in [-0.25, -0.2) is 8.42 Å². The summed E-state index contributed by atoms with van der Waals surface area (Å²) in [6.07, 6.45) is 0.741. The normalized spacial score (nSPS) is 11.1. The van der Waals surface area contributed by atoms with Crippen molar-refractivity contribution in [3.8, 4) is 5.75 Å². The average molecular weight is 459 g/mol. The van der Waals surface area contributed by atoms with E-state index in [1.807, 2.05) is 25.1 Å². The molecule has 0 aromatic heterocycles. The molecule has 0 bridgehead atoms. The van der Waals surface area contributed by atoms with Crippen LogP contribution in [0.1, 0.15) is 22.8 Å². The first kappa shape index (κ1) is 22.7. The topological polar surface area (TPSA) is 75.7 Å². The number of anilines is 2. The summed E-state index contributed by atoms with van der Waals surface area (Å²) in [5, 5.41) is 2.99. The van der Waals surface area contributed by atoms with E-state index in [9.17, 15) is 13.2 Å². The number of halogens is 1. The number of carbonyl (C=O) groups is 1. The molecule has 3 rings (SSSR count). The van der Waals surface area contributed by atoms with E-state index in [1.54, 1.807) is 30.3 Å². The molecule has 8 heteroatoms. The number of amides is 1. The van der Waals surface area contributed by atoms with E-state index < -0.39 is 15.9 Å². The summed E-state index contributed by atoms with van der Waals surface area (Å²) in [5.41, 5.74) is 2.17. The van der Waals surface area contributed by atoms with E-state index in [0.29, 0.717) is 17.1 Å². The van der Waals surface area contributed by atoms with Gasteiger partial charge < -0.3 is 10.1 Å². The summed E-state index contributed by atoms with van der Waals surface area (Å²) in [6, 6.07) is 18.1. The van der Waals surface area contributed by atoms with Crippen molar-refractivity contribution < 1.29 is 17.9 Å². The molecule has 31 heavy (non-hydrogen) atoms. The number of rotatable bonds is 7. The summed E-state index contributed by atoms with van der Waals surface area (Å²) < 4.78 is 32.6. The Bertz CT molecular complexity index is 1190. The van der Waals surface area contributed by atoms with Gasteiger partial charge in [-0.05, 0) is 60.5 Å². The Kier molecular flexibility index (Phi) is 6.87. The van der Waals surface area contributed by atoms with E-state index in [0.717, 1.165) is 16.3 Å². The molecule has 1 N–H and O–H groups in total. The molecule has 0 heterocycles. The van der Waals surface area contributed by atoms with E-state index in [4.69, 9.17) is 16.3 Å². The van der Waals surface area contributed by atoms with Crippen LogP contribution in [0.25, 0.3) is 0 Å². The molecule has 0 atom stereocenters. The number of benzene rings is 3. The van der Waals surface area contributed by atoms with Gasteiger partial charge >= 0.3 is 0 Å². The maximum Gasteiger partial charge on any atom is 0.264 e. The van der Waals surface area contributed by atoms with Gasteiger partial charge in [-0.1, -0.05) is 36.7 Å². The lowest BCUT2D eigenvalue weighted by molar-refractivity contribution is 0.102. The quantitative estimate of drug-likeness (QED) is 0.541. The minimum Gasteiger partial charge on any atom is -0.497 e. The third-order valence-electron chi connectivity index (χ3n) is 4.92. The van der Waals surface area contributed by atoms with Crippen LogP contribution in [0.2, 0.25) is 5.02 Å². The second-order valence-electron chi connectivity index (χ2n) is 6.78. The molecule has 0 saturated carbocycles. The molecule has 0 fully saturated rings. The Hall–Kier alpha value is -3.03. The van der Waals surface area contributed by atoms with Crippen LogP contribution in [0.15, 0.2) is 71.6 Å². The minimum atomic E-state index is -3.92. The summed E-state index contributed by atoms with van der Waals surface area (Å²) >= 11 is 6.23. The Balaban J connectivity index is 1.92. The zero-order valence-corrected chi connectivity index (χ0v) is 19.0. The van der Waals surface area contributed by atoms with Crippen molar-refractivity contribution in [2.24, 2.45) is 0 Å². The maximum absolute atomic E-state index is 13.2. The second kappa shape index (κ2) is 9.41. The number of nitrogens with one attached hydrogen (secondary N) is 1. The van der Waals surface area contributed by atoms with Crippen molar-refractivity contribution in [1.29, 1.82) is 0 Å². The van der Waals surface area contributed by atoms with Crippen molar-refractivity contribution in [2.75, 3.05) is 23.8 Å². The Morgan fingerprint density at radius 3 is 2.39 bits per heavy atom. The molecule has 0 aliphatic carbocycles. The maximum atomic E-state index is 13.2. The van der Waals surface area contributed by atoms with E-state index in [2.05, 4.69) is 5.32 Å². The lowest BCUT2D eigenvalue weighted by Crippen LogP contribution is -2.27. The Labute approximate surface area is 187 Å². The Morgan fingerprint density at radius 2 is 1.74 bits per heavy atom. The number of sulfonamides is 1. The molecule has 0 aliphatic rings. The van der Waals surface area contributed by atoms with Crippen molar-refractivity contribution in [2.45, 2.75) is 18.2 Å². The molecule has 162 valence electrons. The highest BCUT2D eigenvalue weighted by Crippen LogP contribution is 2.28. The molecule has 3 aromatic carbocycles. The molecule has 0 radical (unpaired) electrons. The minimum absolute atomic E-state index is 0.0378. The highest BCUT2D eigenvalue weighted by molar-refractivity contribution is 7.92. The fraction of sp³-hybridized carbons (Fsp3) is 0.174. The molecule has 6 nitrogen and oxygen atoms in total. The number of aryl methyl sites for hydroxylation is 1. The van der Waals surface area contributed by atoms with Gasteiger partial charge in [-0.3, -0.25) is 9.10 Å². The van der Waals surface area contributed by atoms with Crippen LogP contribution in [-0.4, -0.2) is 28.5 Å². The first-order valence-electron chi connectivity index (χ1n) is 9.59. The van der Waals surface area contributed by atoms with E-state index >= 15 is 0 Å². The number of para-hydroxylation sites is 1. The third kappa shape index (κ3) is 4.84. The smallest absolute Gasteiger partial charge is 0.264 e. The average Bonchev–Trinajstić information content (AvgIpc) is 2.79. The van der Waals surface area contributed by atoms with Crippen molar-refractivity contribution >= 4 is 38.9 Å². The standard InChI is InChI=1S/C23H23ClN2O4S/c1-4-16-7-5-6-8-22(16)25-23(27)20-15-19(13-14-21(20)24)31(28,29)26(2)17-9-11-18(30-3)12-10-17/h5-15H,4H2,1-3H3,(H,25,27). The van der Waals surface area contributed by atoms with E-state index in [1.165, 1.54) is 32.4 Å². The van der Waals surface area contributed by atoms with E-state index in [-0.39, 0.29) is 15.5 Å². The van der Waals surface area contributed by atoms with Crippen LogP contribution in [0.3, 0.4) is 0 Å². The molecule has 3 aromatic rings. The second-order valence-corrected chi connectivity index (χ2v) is 9.15. The van der Waals surface area contributed by atoms with Crippen LogP contribution in [-0.2, 0) is 16.4 Å². The van der Waals surface area contributed by atoms with Gasteiger partial charge in [0.2, 0.25) is 0 Å². The van der Waals surface area contributed by atoms with Gasteiger partial charge in [0.25, 0.3) is 15.9 Å². The van der Waals surface area contributed by atoms with Gasteiger partial charge in [0, 0.05) is 12.7 Å². The first-order chi connectivity index (χ1) is 14.8. The van der Waals surface area contributed by atoms with Gasteiger partial charge in [-0.2, -0.15) is 0 Å². The number of hydrogen-bond donors (Lipinski definition) is 1. The van der Waals surface area contributed by atoms with Crippen molar-refractivity contribution in [3.05, 3.63) is 82.9 Å². The van der Waals surface area contributed by atoms with Crippen LogP contribution >= 0.6 is 11.6 Å².